The van der Waals surface area contributed by atoms with Gasteiger partial charge < -0.3 is 0 Å². The van der Waals surface area contributed by atoms with E-state index in [2.05, 4.69) is 36.8 Å². The van der Waals surface area contributed by atoms with E-state index in [1.165, 1.54) is 0 Å². The first kappa shape index (κ1) is 12.6. The van der Waals surface area contributed by atoms with Gasteiger partial charge in [0.05, 0.1) is 6.07 Å². The number of nitriles is 1. The van der Waals surface area contributed by atoms with Gasteiger partial charge in [-0.1, -0.05) is 20.8 Å². The van der Waals surface area contributed by atoms with Crippen LogP contribution in [0.1, 0.15) is 51.8 Å². The van der Waals surface area contributed by atoms with Gasteiger partial charge in [-0.25, -0.2) is 9.97 Å². The highest BCUT2D eigenvalue weighted by molar-refractivity contribution is 5.23. The summed E-state index contributed by atoms with van der Waals surface area (Å²) in [7, 11) is 0. The monoisotopic (exact) mass is 217 g/mol. The Balaban J connectivity index is 3.36. The lowest BCUT2D eigenvalue weighted by Gasteiger charge is -2.21. The average molecular weight is 217 g/mol. The Kier molecular flexibility index (Phi) is 3.05. The smallest absolute Gasteiger partial charge is 0.148 e. The zero-order chi connectivity index (χ0) is 12.6. The van der Waals surface area contributed by atoms with Crippen LogP contribution in [0.25, 0.3) is 0 Å². The molecule has 0 radical (unpaired) electrons. The summed E-state index contributed by atoms with van der Waals surface area (Å²) >= 11 is 0. The van der Waals surface area contributed by atoms with Crippen LogP contribution in [-0.4, -0.2) is 9.97 Å². The minimum absolute atomic E-state index is 0.0199. The van der Waals surface area contributed by atoms with Crippen molar-refractivity contribution in [3.05, 3.63) is 23.3 Å². The molecule has 1 aromatic rings. The van der Waals surface area contributed by atoms with Crippen molar-refractivity contribution < 1.29 is 0 Å². The van der Waals surface area contributed by atoms with Gasteiger partial charge in [-0.15, -0.1) is 0 Å². The fourth-order valence-corrected chi connectivity index (χ4v) is 1.28. The fraction of sp³-hybridized carbons (Fsp3) is 0.615. The molecule has 0 aliphatic carbocycles. The third-order valence-electron chi connectivity index (χ3n) is 2.46. The van der Waals surface area contributed by atoms with E-state index in [1.54, 1.807) is 0 Å². The molecule has 0 atom stereocenters. The molecule has 0 aliphatic rings. The number of hydrogen-bond acceptors (Lipinski definition) is 3. The molecule has 0 saturated heterocycles. The van der Waals surface area contributed by atoms with Gasteiger partial charge in [0.1, 0.15) is 11.2 Å². The van der Waals surface area contributed by atoms with E-state index in [9.17, 15) is 0 Å². The van der Waals surface area contributed by atoms with Crippen LogP contribution in [-0.2, 0) is 10.8 Å². The van der Waals surface area contributed by atoms with Crippen LogP contribution < -0.4 is 0 Å². The van der Waals surface area contributed by atoms with Crippen LogP contribution in [0.3, 0.4) is 0 Å². The second kappa shape index (κ2) is 3.86. The summed E-state index contributed by atoms with van der Waals surface area (Å²) < 4.78 is 0. The quantitative estimate of drug-likeness (QED) is 0.726. The number of hydrogen-bond donors (Lipinski definition) is 0. The maximum Gasteiger partial charge on any atom is 0.148 e. The van der Waals surface area contributed by atoms with E-state index in [0.717, 1.165) is 11.4 Å². The van der Waals surface area contributed by atoms with Crippen molar-refractivity contribution in [2.45, 2.75) is 52.4 Å². The van der Waals surface area contributed by atoms with Crippen molar-refractivity contribution in [1.82, 2.24) is 9.97 Å². The molecule has 86 valence electrons. The summed E-state index contributed by atoms with van der Waals surface area (Å²) in [5.41, 5.74) is 1.25. The van der Waals surface area contributed by atoms with Gasteiger partial charge in [0, 0.05) is 16.8 Å². The number of aryl methyl sites for hydroxylation is 1. The Morgan fingerprint density at radius 1 is 1.12 bits per heavy atom. The van der Waals surface area contributed by atoms with Crippen LogP contribution in [0, 0.1) is 18.3 Å². The fourth-order valence-electron chi connectivity index (χ4n) is 1.28. The molecule has 0 aliphatic heterocycles. The first-order valence-corrected chi connectivity index (χ1v) is 5.45. The topological polar surface area (TPSA) is 49.6 Å². The predicted octanol–water partition coefficient (Wildman–Crippen LogP) is 2.88. The number of rotatable bonds is 1. The van der Waals surface area contributed by atoms with Gasteiger partial charge in [-0.2, -0.15) is 5.26 Å². The highest BCUT2D eigenvalue weighted by Gasteiger charge is 2.26. The molecule has 1 rings (SSSR count). The van der Waals surface area contributed by atoms with Crippen LogP contribution in [0.15, 0.2) is 6.07 Å². The maximum atomic E-state index is 9.10. The lowest BCUT2D eigenvalue weighted by molar-refractivity contribution is 0.542. The highest BCUT2D eigenvalue weighted by atomic mass is 14.9. The second-order valence-corrected chi connectivity index (χ2v) is 5.70. The zero-order valence-electron chi connectivity index (χ0n) is 10.9. The molecule has 0 fully saturated rings. The molecule has 1 aromatic heterocycles. The van der Waals surface area contributed by atoms with Crippen LogP contribution in [0.5, 0.6) is 0 Å². The summed E-state index contributed by atoms with van der Waals surface area (Å²) in [5, 5.41) is 9.10. The number of aromatic nitrogens is 2. The number of nitrogens with zero attached hydrogens (tertiary/aromatic N) is 3. The molecule has 0 unspecified atom stereocenters. The van der Waals surface area contributed by atoms with E-state index < -0.39 is 5.41 Å². The van der Waals surface area contributed by atoms with Gasteiger partial charge in [0.2, 0.25) is 0 Å². The van der Waals surface area contributed by atoms with E-state index in [-0.39, 0.29) is 5.41 Å². The SMILES string of the molecule is Cc1cc(C(C)(C)C)nc(C(C)(C)C#N)n1. The predicted molar refractivity (Wildman–Crippen MR) is 64.1 cm³/mol. The molecule has 0 spiro atoms. The minimum atomic E-state index is -0.633. The minimum Gasteiger partial charge on any atom is -0.237 e. The molecule has 0 amide bonds. The van der Waals surface area contributed by atoms with Gasteiger partial charge in [-0.05, 0) is 26.8 Å². The first-order chi connectivity index (χ1) is 7.16. The summed E-state index contributed by atoms with van der Waals surface area (Å²) in [5.74, 6) is 0.611. The Bertz CT molecular complexity index is 433. The first-order valence-electron chi connectivity index (χ1n) is 5.45. The summed E-state index contributed by atoms with van der Waals surface area (Å²) in [6.45, 7) is 11.9. The Morgan fingerprint density at radius 2 is 1.69 bits per heavy atom. The normalized spacial score (nSPS) is 12.3. The van der Waals surface area contributed by atoms with E-state index in [1.807, 2.05) is 26.8 Å². The Labute approximate surface area is 97.5 Å². The zero-order valence-corrected chi connectivity index (χ0v) is 10.9. The molecule has 16 heavy (non-hydrogen) atoms. The molecule has 1 heterocycles. The maximum absolute atomic E-state index is 9.10. The molecule has 0 saturated carbocycles. The third-order valence-corrected chi connectivity index (χ3v) is 2.46. The van der Waals surface area contributed by atoms with Gasteiger partial charge in [0.25, 0.3) is 0 Å². The van der Waals surface area contributed by atoms with Gasteiger partial charge >= 0.3 is 0 Å². The molecule has 3 heteroatoms. The van der Waals surface area contributed by atoms with Crippen molar-refractivity contribution in [3.8, 4) is 6.07 Å². The Morgan fingerprint density at radius 3 is 2.12 bits per heavy atom. The summed E-state index contributed by atoms with van der Waals surface area (Å²) in [4.78, 5) is 8.87. The van der Waals surface area contributed by atoms with Crippen LogP contribution in [0.2, 0.25) is 0 Å². The van der Waals surface area contributed by atoms with Crippen molar-refractivity contribution in [2.75, 3.05) is 0 Å². The van der Waals surface area contributed by atoms with E-state index in [4.69, 9.17) is 5.26 Å². The lowest BCUT2D eigenvalue weighted by atomic mass is 9.89. The van der Waals surface area contributed by atoms with E-state index >= 15 is 0 Å². The van der Waals surface area contributed by atoms with E-state index in [0.29, 0.717) is 5.82 Å². The third kappa shape index (κ3) is 2.57. The largest absolute Gasteiger partial charge is 0.237 e. The van der Waals surface area contributed by atoms with Crippen molar-refractivity contribution in [1.29, 1.82) is 5.26 Å². The molecular formula is C13H19N3. The summed E-state index contributed by atoms with van der Waals surface area (Å²) in [6, 6.07) is 4.22. The molecule has 0 bridgehead atoms. The van der Waals surface area contributed by atoms with Crippen molar-refractivity contribution >= 4 is 0 Å². The Hall–Kier alpha value is -1.43. The molecular weight excluding hydrogens is 198 g/mol. The summed E-state index contributed by atoms with van der Waals surface area (Å²) in [6.07, 6.45) is 0. The van der Waals surface area contributed by atoms with Gasteiger partial charge in [0.15, 0.2) is 0 Å². The standard InChI is InChI=1S/C13H19N3/c1-9-7-10(12(2,3)4)16-11(15-9)13(5,6)8-14/h7H,1-6H3. The van der Waals surface area contributed by atoms with Crippen LogP contribution in [0.4, 0.5) is 0 Å². The highest BCUT2D eigenvalue weighted by Crippen LogP contribution is 2.24. The van der Waals surface area contributed by atoms with Crippen LogP contribution >= 0.6 is 0 Å². The van der Waals surface area contributed by atoms with Crippen molar-refractivity contribution in [2.24, 2.45) is 0 Å². The molecule has 3 nitrogen and oxygen atoms in total. The lowest BCUT2D eigenvalue weighted by Crippen LogP contribution is -2.23. The second-order valence-electron chi connectivity index (χ2n) is 5.70. The van der Waals surface area contributed by atoms with Gasteiger partial charge in [-0.3, -0.25) is 0 Å². The molecule has 0 aromatic carbocycles. The van der Waals surface area contributed by atoms with Crippen molar-refractivity contribution in [3.63, 3.8) is 0 Å². The molecule has 0 N–H and O–H groups in total. The average Bonchev–Trinajstić information content (AvgIpc) is 2.15.